The number of nitrogens with zero attached hydrogens (tertiary/aromatic N) is 1. The van der Waals surface area contributed by atoms with Gasteiger partial charge in [-0.25, -0.2) is 0 Å². The minimum Gasteiger partial charge on any atom is -0.389 e. The Morgan fingerprint density at radius 3 is 2.78 bits per heavy atom. The summed E-state index contributed by atoms with van der Waals surface area (Å²) in [5.41, 5.74) is 6.74. The van der Waals surface area contributed by atoms with Crippen LogP contribution in [0.2, 0.25) is 5.02 Å². The first-order chi connectivity index (χ1) is 8.45. The minimum atomic E-state index is -0.564. The van der Waals surface area contributed by atoms with Crippen LogP contribution in [0.25, 0.3) is 0 Å². The summed E-state index contributed by atoms with van der Waals surface area (Å²) < 4.78 is 4.87. The van der Waals surface area contributed by atoms with Gasteiger partial charge in [-0.2, -0.15) is 0 Å². The standard InChI is InChI=1S/C12H18ClN3O2/c1-16(6-9(17)7-18-2)8-3-4-10(12(14)15)11(13)5-8/h3-5,9,17H,6-7H2,1-2H3,(H3,14,15). The molecule has 0 saturated carbocycles. The molecule has 1 aromatic rings. The average Bonchev–Trinajstić information content (AvgIpc) is 2.28. The van der Waals surface area contributed by atoms with Crippen LogP contribution in [-0.4, -0.2) is 44.4 Å². The second-order valence-corrected chi connectivity index (χ2v) is 4.47. The maximum absolute atomic E-state index is 9.64. The Hall–Kier alpha value is -1.30. The molecule has 0 saturated heterocycles. The van der Waals surface area contributed by atoms with Gasteiger partial charge < -0.3 is 20.5 Å². The molecule has 0 aliphatic rings. The molecule has 0 radical (unpaired) electrons. The van der Waals surface area contributed by atoms with Gasteiger partial charge in [-0.15, -0.1) is 0 Å². The number of nitrogens with one attached hydrogen (secondary N) is 1. The zero-order valence-electron chi connectivity index (χ0n) is 10.5. The largest absolute Gasteiger partial charge is 0.389 e. The Bertz CT molecular complexity index is 426. The summed E-state index contributed by atoms with van der Waals surface area (Å²) in [6.45, 7) is 0.715. The maximum atomic E-state index is 9.64. The van der Waals surface area contributed by atoms with E-state index in [0.717, 1.165) is 5.69 Å². The number of hydrogen-bond acceptors (Lipinski definition) is 4. The Balaban J connectivity index is 2.78. The van der Waals surface area contributed by atoms with Gasteiger partial charge in [0.2, 0.25) is 0 Å². The van der Waals surface area contributed by atoms with Gasteiger partial charge in [0, 0.05) is 32.0 Å². The van der Waals surface area contributed by atoms with Crippen molar-refractivity contribution >= 4 is 23.1 Å². The first-order valence-corrected chi connectivity index (χ1v) is 5.85. The second kappa shape index (κ2) is 6.58. The number of likely N-dealkylation sites (N-methyl/N-ethyl adjacent to an activating group) is 1. The van der Waals surface area contributed by atoms with E-state index < -0.39 is 6.10 Å². The summed E-state index contributed by atoms with van der Waals surface area (Å²) in [7, 11) is 3.39. The van der Waals surface area contributed by atoms with Crippen molar-refractivity contribution in [3.05, 3.63) is 28.8 Å². The van der Waals surface area contributed by atoms with Crippen molar-refractivity contribution in [3.63, 3.8) is 0 Å². The predicted octanol–water partition coefficient (Wildman–Crippen LogP) is 1.07. The van der Waals surface area contributed by atoms with Crippen LogP contribution in [-0.2, 0) is 4.74 Å². The molecule has 0 heterocycles. The Morgan fingerprint density at radius 2 is 2.28 bits per heavy atom. The number of rotatable bonds is 6. The third-order valence-corrected chi connectivity index (χ3v) is 2.84. The van der Waals surface area contributed by atoms with E-state index in [9.17, 15) is 5.11 Å². The number of benzene rings is 1. The molecule has 0 amide bonds. The Morgan fingerprint density at radius 1 is 1.61 bits per heavy atom. The van der Waals surface area contributed by atoms with Gasteiger partial charge in [-0.1, -0.05) is 11.6 Å². The predicted molar refractivity (Wildman–Crippen MR) is 73.6 cm³/mol. The van der Waals surface area contributed by atoms with Crippen LogP contribution < -0.4 is 10.6 Å². The van der Waals surface area contributed by atoms with E-state index >= 15 is 0 Å². The molecule has 1 rings (SSSR count). The number of nitrogens with two attached hydrogens (primary N) is 1. The minimum absolute atomic E-state index is 0.0615. The lowest BCUT2D eigenvalue weighted by atomic mass is 10.1. The highest BCUT2D eigenvalue weighted by atomic mass is 35.5. The van der Waals surface area contributed by atoms with Crippen molar-refractivity contribution in [2.45, 2.75) is 6.10 Å². The van der Waals surface area contributed by atoms with E-state index in [1.165, 1.54) is 0 Å². The number of aliphatic hydroxyl groups excluding tert-OH is 1. The van der Waals surface area contributed by atoms with E-state index in [1.54, 1.807) is 19.2 Å². The van der Waals surface area contributed by atoms with E-state index in [1.807, 2.05) is 18.0 Å². The van der Waals surface area contributed by atoms with Crippen molar-refractivity contribution in [3.8, 4) is 0 Å². The smallest absolute Gasteiger partial charge is 0.124 e. The number of anilines is 1. The van der Waals surface area contributed by atoms with Crippen molar-refractivity contribution in [2.75, 3.05) is 32.2 Å². The SMILES string of the molecule is COCC(O)CN(C)c1ccc(C(=N)N)c(Cl)c1. The Labute approximate surface area is 112 Å². The summed E-state index contributed by atoms with van der Waals surface area (Å²) in [5, 5.41) is 17.4. The van der Waals surface area contributed by atoms with Crippen LogP contribution in [0.3, 0.4) is 0 Å². The van der Waals surface area contributed by atoms with E-state index in [0.29, 0.717) is 17.1 Å². The van der Waals surface area contributed by atoms with Gasteiger partial charge >= 0.3 is 0 Å². The van der Waals surface area contributed by atoms with Crippen LogP contribution in [0.1, 0.15) is 5.56 Å². The van der Waals surface area contributed by atoms with Crippen molar-refractivity contribution in [1.82, 2.24) is 0 Å². The average molecular weight is 272 g/mol. The lowest BCUT2D eigenvalue weighted by Gasteiger charge is -2.23. The monoisotopic (exact) mass is 271 g/mol. The molecule has 0 aromatic heterocycles. The number of amidine groups is 1. The normalized spacial score (nSPS) is 12.2. The summed E-state index contributed by atoms with van der Waals surface area (Å²) >= 11 is 6.03. The molecular weight excluding hydrogens is 254 g/mol. The number of nitrogen functional groups attached to an aromatic ring is 1. The second-order valence-electron chi connectivity index (χ2n) is 4.07. The van der Waals surface area contributed by atoms with E-state index in [4.69, 9.17) is 27.5 Å². The summed E-state index contributed by atoms with van der Waals surface area (Å²) in [5.74, 6) is -0.0615. The van der Waals surface area contributed by atoms with Crippen LogP contribution in [0.15, 0.2) is 18.2 Å². The quantitative estimate of drug-likeness (QED) is 0.534. The number of hydrogen-bond donors (Lipinski definition) is 3. The van der Waals surface area contributed by atoms with Crippen molar-refractivity contribution in [2.24, 2.45) is 5.73 Å². The van der Waals surface area contributed by atoms with Crippen LogP contribution in [0.5, 0.6) is 0 Å². The summed E-state index contributed by atoms with van der Waals surface area (Å²) in [6.07, 6.45) is -0.564. The number of aliphatic hydroxyl groups is 1. The fourth-order valence-electron chi connectivity index (χ4n) is 1.63. The number of ether oxygens (including phenoxy) is 1. The molecule has 5 nitrogen and oxygen atoms in total. The molecule has 0 fully saturated rings. The molecule has 1 aromatic carbocycles. The van der Waals surface area contributed by atoms with Gasteiger partial charge in [0.05, 0.1) is 17.7 Å². The van der Waals surface area contributed by atoms with Crippen molar-refractivity contribution in [1.29, 1.82) is 5.41 Å². The van der Waals surface area contributed by atoms with Gasteiger partial charge in [0.25, 0.3) is 0 Å². The first-order valence-electron chi connectivity index (χ1n) is 5.47. The third-order valence-electron chi connectivity index (χ3n) is 2.53. The van der Waals surface area contributed by atoms with Crippen LogP contribution >= 0.6 is 11.6 Å². The molecule has 4 N–H and O–H groups in total. The molecule has 0 spiro atoms. The zero-order chi connectivity index (χ0) is 13.7. The highest BCUT2D eigenvalue weighted by Crippen LogP contribution is 2.22. The Kier molecular flexibility index (Phi) is 5.40. The molecule has 0 bridgehead atoms. The lowest BCUT2D eigenvalue weighted by molar-refractivity contribution is 0.0695. The molecule has 1 unspecified atom stereocenters. The topological polar surface area (TPSA) is 82.6 Å². The van der Waals surface area contributed by atoms with Crippen molar-refractivity contribution < 1.29 is 9.84 Å². The molecule has 100 valence electrons. The zero-order valence-corrected chi connectivity index (χ0v) is 11.2. The molecular formula is C12H18ClN3O2. The summed E-state index contributed by atoms with van der Waals surface area (Å²) in [4.78, 5) is 1.86. The van der Waals surface area contributed by atoms with Crippen LogP contribution in [0, 0.1) is 5.41 Å². The first kappa shape index (κ1) is 14.8. The highest BCUT2D eigenvalue weighted by molar-refractivity contribution is 6.34. The van der Waals surface area contributed by atoms with Gasteiger partial charge in [-0.05, 0) is 18.2 Å². The molecule has 0 aliphatic heterocycles. The molecule has 0 aliphatic carbocycles. The molecule has 18 heavy (non-hydrogen) atoms. The third kappa shape index (κ3) is 3.87. The summed E-state index contributed by atoms with van der Waals surface area (Å²) in [6, 6.07) is 5.22. The fourth-order valence-corrected chi connectivity index (χ4v) is 1.90. The van der Waals surface area contributed by atoms with Gasteiger partial charge in [-0.3, -0.25) is 5.41 Å². The molecule has 6 heteroatoms. The highest BCUT2D eigenvalue weighted by Gasteiger charge is 2.11. The number of halogens is 1. The number of methoxy groups -OCH3 is 1. The van der Waals surface area contributed by atoms with E-state index in [-0.39, 0.29) is 12.4 Å². The van der Waals surface area contributed by atoms with E-state index in [2.05, 4.69) is 0 Å². The van der Waals surface area contributed by atoms with Gasteiger partial charge in [0.1, 0.15) is 5.84 Å². The van der Waals surface area contributed by atoms with Crippen LogP contribution in [0.4, 0.5) is 5.69 Å². The lowest BCUT2D eigenvalue weighted by Crippen LogP contribution is -2.31. The fraction of sp³-hybridized carbons (Fsp3) is 0.417. The van der Waals surface area contributed by atoms with Gasteiger partial charge in [0.15, 0.2) is 0 Å². The molecule has 1 atom stereocenters. The maximum Gasteiger partial charge on any atom is 0.124 e.